The van der Waals surface area contributed by atoms with E-state index >= 15 is 0 Å². The highest BCUT2D eigenvalue weighted by molar-refractivity contribution is 6.31. The van der Waals surface area contributed by atoms with Gasteiger partial charge in [-0.3, -0.25) is 9.59 Å². The second kappa shape index (κ2) is 7.01. The van der Waals surface area contributed by atoms with Gasteiger partial charge in [-0.25, -0.2) is 9.50 Å². The average molecular weight is 377 g/mol. The number of anilines is 1. The highest BCUT2D eigenvalue weighted by Crippen LogP contribution is 2.24. The van der Waals surface area contributed by atoms with Crippen molar-refractivity contribution in [3.8, 4) is 0 Å². The number of nitrogens with zero attached hydrogens (tertiary/aromatic N) is 3. The van der Waals surface area contributed by atoms with Gasteiger partial charge in [0, 0.05) is 34.6 Å². The first-order valence-corrected chi connectivity index (χ1v) is 8.51. The zero-order valence-electron chi connectivity index (χ0n) is 14.0. The number of rotatable bonds is 4. The van der Waals surface area contributed by atoms with E-state index in [1.807, 2.05) is 6.07 Å². The Morgan fingerprint density at radius 2 is 1.81 bits per heavy atom. The van der Waals surface area contributed by atoms with Crippen molar-refractivity contribution in [3.05, 3.63) is 94.9 Å². The topological polar surface area (TPSA) is 76.4 Å². The van der Waals surface area contributed by atoms with E-state index < -0.39 is 5.91 Å². The third kappa shape index (κ3) is 3.43. The molecule has 0 aliphatic carbocycles. The third-order valence-corrected chi connectivity index (χ3v) is 4.21. The predicted octanol–water partition coefficient (Wildman–Crippen LogP) is 3.87. The van der Waals surface area contributed by atoms with E-state index in [4.69, 9.17) is 11.6 Å². The lowest BCUT2D eigenvalue weighted by molar-refractivity contribution is 0.102. The first-order chi connectivity index (χ1) is 13.1. The van der Waals surface area contributed by atoms with Crippen LogP contribution in [0.5, 0.6) is 0 Å². The Bertz CT molecular complexity index is 1120. The molecule has 0 radical (unpaired) electrons. The van der Waals surface area contributed by atoms with Gasteiger partial charge in [-0.1, -0.05) is 41.9 Å². The van der Waals surface area contributed by atoms with Crippen LogP contribution in [-0.4, -0.2) is 26.3 Å². The fourth-order valence-electron chi connectivity index (χ4n) is 2.69. The minimum Gasteiger partial charge on any atom is -0.320 e. The summed E-state index contributed by atoms with van der Waals surface area (Å²) in [5.41, 5.74) is 1.93. The maximum absolute atomic E-state index is 12.8. The summed E-state index contributed by atoms with van der Waals surface area (Å²) in [6.07, 6.45) is 3.32. The van der Waals surface area contributed by atoms with Crippen molar-refractivity contribution in [2.75, 3.05) is 5.32 Å². The van der Waals surface area contributed by atoms with Gasteiger partial charge in [-0.15, -0.1) is 0 Å². The second-order valence-electron chi connectivity index (χ2n) is 5.79. The van der Waals surface area contributed by atoms with Crippen molar-refractivity contribution < 1.29 is 9.59 Å². The molecule has 0 saturated heterocycles. The van der Waals surface area contributed by atoms with Gasteiger partial charge >= 0.3 is 0 Å². The quantitative estimate of drug-likeness (QED) is 0.548. The normalized spacial score (nSPS) is 10.7. The number of benzene rings is 2. The third-order valence-electron chi connectivity index (χ3n) is 3.98. The summed E-state index contributed by atoms with van der Waals surface area (Å²) in [6.45, 7) is 0. The van der Waals surface area contributed by atoms with Gasteiger partial charge in [0.25, 0.3) is 5.91 Å². The van der Waals surface area contributed by atoms with Crippen LogP contribution in [0.2, 0.25) is 5.02 Å². The Morgan fingerprint density at radius 3 is 2.59 bits per heavy atom. The van der Waals surface area contributed by atoms with Crippen molar-refractivity contribution in [3.63, 3.8) is 0 Å². The van der Waals surface area contributed by atoms with Crippen molar-refractivity contribution in [2.45, 2.75) is 0 Å². The summed E-state index contributed by atoms with van der Waals surface area (Å²) < 4.78 is 1.51. The van der Waals surface area contributed by atoms with E-state index in [9.17, 15) is 9.59 Å². The lowest BCUT2D eigenvalue weighted by Gasteiger charge is -2.10. The Morgan fingerprint density at radius 1 is 1.00 bits per heavy atom. The fraction of sp³-hybridized carbons (Fsp3) is 0. The minimum atomic E-state index is -0.440. The van der Waals surface area contributed by atoms with Gasteiger partial charge < -0.3 is 5.32 Å². The molecule has 0 saturated carbocycles. The summed E-state index contributed by atoms with van der Waals surface area (Å²) >= 11 is 6.07. The van der Waals surface area contributed by atoms with Crippen LogP contribution in [0.25, 0.3) is 5.65 Å². The van der Waals surface area contributed by atoms with Gasteiger partial charge in [-0.2, -0.15) is 5.10 Å². The van der Waals surface area contributed by atoms with Gasteiger partial charge in [0.15, 0.2) is 17.1 Å². The van der Waals surface area contributed by atoms with E-state index in [1.54, 1.807) is 60.9 Å². The summed E-state index contributed by atoms with van der Waals surface area (Å²) in [7, 11) is 0. The van der Waals surface area contributed by atoms with Crippen LogP contribution in [0.15, 0.2) is 73.1 Å². The van der Waals surface area contributed by atoms with Crippen LogP contribution in [0.3, 0.4) is 0 Å². The van der Waals surface area contributed by atoms with E-state index in [-0.39, 0.29) is 11.5 Å². The molecular weight excluding hydrogens is 364 g/mol. The maximum atomic E-state index is 12.8. The molecule has 2 heterocycles. The SMILES string of the molecule is O=C(Nc1ccc(Cl)cc1C(=O)c1ccccc1)c1cc2ncccn2n1. The van der Waals surface area contributed by atoms with Crippen LogP contribution >= 0.6 is 11.6 Å². The molecule has 4 aromatic rings. The van der Waals surface area contributed by atoms with Gasteiger partial charge in [0.2, 0.25) is 0 Å². The highest BCUT2D eigenvalue weighted by Gasteiger charge is 2.18. The van der Waals surface area contributed by atoms with E-state index in [2.05, 4.69) is 15.4 Å². The molecule has 0 spiro atoms. The number of amides is 1. The molecule has 1 amide bonds. The molecule has 0 aliphatic heterocycles. The summed E-state index contributed by atoms with van der Waals surface area (Å²) in [5.74, 6) is -0.671. The van der Waals surface area contributed by atoms with Crippen LogP contribution in [0.1, 0.15) is 26.4 Å². The molecule has 6 nitrogen and oxygen atoms in total. The summed E-state index contributed by atoms with van der Waals surface area (Å²) in [4.78, 5) is 29.6. The summed E-state index contributed by atoms with van der Waals surface area (Å²) in [5, 5.41) is 7.34. The second-order valence-corrected chi connectivity index (χ2v) is 6.23. The maximum Gasteiger partial charge on any atom is 0.276 e. The fourth-order valence-corrected chi connectivity index (χ4v) is 2.86. The molecule has 0 atom stereocenters. The number of nitrogens with one attached hydrogen (secondary N) is 1. The molecule has 27 heavy (non-hydrogen) atoms. The van der Waals surface area contributed by atoms with E-state index in [0.29, 0.717) is 27.5 Å². The number of carbonyl (C=O) groups excluding carboxylic acids is 2. The van der Waals surface area contributed by atoms with Gasteiger partial charge in [0.1, 0.15) is 0 Å². The predicted molar refractivity (Wildman–Crippen MR) is 102 cm³/mol. The monoisotopic (exact) mass is 376 g/mol. The minimum absolute atomic E-state index is 0.196. The van der Waals surface area contributed by atoms with Crippen molar-refractivity contribution >= 4 is 34.6 Å². The Kier molecular flexibility index (Phi) is 4.40. The molecule has 0 unspecified atom stereocenters. The van der Waals surface area contributed by atoms with E-state index in [1.165, 1.54) is 10.6 Å². The van der Waals surface area contributed by atoms with Crippen LogP contribution < -0.4 is 5.32 Å². The number of hydrogen-bond donors (Lipinski definition) is 1. The number of carbonyl (C=O) groups is 2. The van der Waals surface area contributed by atoms with E-state index in [0.717, 1.165) is 0 Å². The zero-order chi connectivity index (χ0) is 18.8. The average Bonchev–Trinajstić information content (AvgIpc) is 3.14. The Hall–Kier alpha value is -3.51. The molecule has 7 heteroatoms. The summed E-state index contributed by atoms with van der Waals surface area (Å²) in [6, 6.07) is 16.9. The molecule has 132 valence electrons. The Labute approximate surface area is 159 Å². The molecule has 0 bridgehead atoms. The molecule has 1 N–H and O–H groups in total. The van der Waals surface area contributed by atoms with Crippen molar-refractivity contribution in [1.29, 1.82) is 0 Å². The zero-order valence-corrected chi connectivity index (χ0v) is 14.7. The van der Waals surface area contributed by atoms with Gasteiger partial charge in [0.05, 0.1) is 5.69 Å². The highest BCUT2D eigenvalue weighted by atomic mass is 35.5. The molecule has 2 aromatic carbocycles. The molecule has 2 aromatic heterocycles. The van der Waals surface area contributed by atoms with Gasteiger partial charge in [-0.05, 0) is 24.3 Å². The van der Waals surface area contributed by atoms with Crippen LogP contribution in [0.4, 0.5) is 5.69 Å². The Balaban J connectivity index is 1.67. The number of halogens is 1. The van der Waals surface area contributed by atoms with Crippen molar-refractivity contribution in [2.24, 2.45) is 0 Å². The lowest BCUT2D eigenvalue weighted by Crippen LogP contribution is -2.16. The number of fused-ring (bicyclic) bond motifs is 1. The molecular formula is C20H13ClN4O2. The molecule has 0 aliphatic rings. The first-order valence-electron chi connectivity index (χ1n) is 8.13. The largest absolute Gasteiger partial charge is 0.320 e. The van der Waals surface area contributed by atoms with Crippen LogP contribution in [0, 0.1) is 0 Å². The number of aromatic nitrogens is 3. The number of hydrogen-bond acceptors (Lipinski definition) is 4. The van der Waals surface area contributed by atoms with Crippen LogP contribution in [-0.2, 0) is 0 Å². The lowest BCUT2D eigenvalue weighted by atomic mass is 10.0. The first kappa shape index (κ1) is 16.9. The molecule has 0 fully saturated rings. The smallest absolute Gasteiger partial charge is 0.276 e. The standard InChI is InChI=1S/C20H13ClN4O2/c21-14-7-8-16(15(11-14)19(26)13-5-2-1-3-6-13)23-20(27)17-12-18-22-9-4-10-25(18)24-17/h1-12H,(H,23,27). The number of ketones is 1. The van der Waals surface area contributed by atoms with Crippen molar-refractivity contribution in [1.82, 2.24) is 14.6 Å². The molecule has 4 rings (SSSR count).